The Labute approximate surface area is 115 Å². The number of benzene rings is 1. The number of rotatable bonds is 4. The largest absolute Gasteiger partial charge is 0.313 e. The summed E-state index contributed by atoms with van der Waals surface area (Å²) in [5.41, 5.74) is 6.61. The van der Waals surface area contributed by atoms with Crippen LogP contribution in [0.1, 0.15) is 40.8 Å². The molecule has 1 unspecified atom stereocenters. The minimum absolute atomic E-state index is 0.342. The van der Waals surface area contributed by atoms with E-state index in [-0.39, 0.29) is 0 Å². The minimum atomic E-state index is 0.342. The molecule has 2 aromatic rings. The van der Waals surface area contributed by atoms with Crippen LogP contribution in [0.15, 0.2) is 24.5 Å². The van der Waals surface area contributed by atoms with Crippen LogP contribution >= 0.6 is 0 Å². The molecule has 0 aliphatic heterocycles. The average molecular weight is 257 g/mol. The van der Waals surface area contributed by atoms with Crippen molar-refractivity contribution < 1.29 is 0 Å². The Morgan fingerprint density at radius 1 is 1.21 bits per heavy atom. The van der Waals surface area contributed by atoms with Crippen LogP contribution in [-0.2, 0) is 6.54 Å². The van der Waals surface area contributed by atoms with E-state index in [4.69, 9.17) is 0 Å². The van der Waals surface area contributed by atoms with Gasteiger partial charge >= 0.3 is 0 Å². The van der Waals surface area contributed by atoms with Gasteiger partial charge in [0, 0.05) is 17.8 Å². The number of nitrogens with zero attached hydrogens (tertiary/aromatic N) is 2. The van der Waals surface area contributed by atoms with Gasteiger partial charge in [-0.3, -0.25) is 4.68 Å². The van der Waals surface area contributed by atoms with Gasteiger partial charge in [0.05, 0.1) is 12.7 Å². The van der Waals surface area contributed by atoms with E-state index in [2.05, 4.69) is 56.4 Å². The van der Waals surface area contributed by atoms with Crippen LogP contribution in [-0.4, -0.2) is 16.8 Å². The predicted molar refractivity (Wildman–Crippen MR) is 79.5 cm³/mol. The standard InChI is InChI=1S/C16H23N3/c1-11-6-12(2)16(13(3)7-11)10-19-9-15(8-18-19)14(4)17-5/h6-9,14,17H,10H2,1-5H3. The van der Waals surface area contributed by atoms with Crippen molar-refractivity contribution in [3.05, 3.63) is 52.3 Å². The maximum atomic E-state index is 4.46. The molecule has 3 heteroatoms. The van der Waals surface area contributed by atoms with Gasteiger partial charge in [0.1, 0.15) is 0 Å². The maximum Gasteiger partial charge on any atom is 0.0664 e. The Hall–Kier alpha value is -1.61. The average Bonchev–Trinajstić information content (AvgIpc) is 2.81. The molecular weight excluding hydrogens is 234 g/mol. The molecule has 0 saturated heterocycles. The number of hydrogen-bond acceptors (Lipinski definition) is 2. The Kier molecular flexibility index (Phi) is 4.05. The van der Waals surface area contributed by atoms with Crippen molar-refractivity contribution in [1.82, 2.24) is 15.1 Å². The zero-order valence-corrected chi connectivity index (χ0v) is 12.5. The van der Waals surface area contributed by atoms with Gasteiger partial charge in [0.15, 0.2) is 0 Å². The van der Waals surface area contributed by atoms with Crippen molar-refractivity contribution in [2.45, 2.75) is 40.3 Å². The zero-order valence-electron chi connectivity index (χ0n) is 12.5. The third kappa shape index (κ3) is 3.04. The van der Waals surface area contributed by atoms with Crippen molar-refractivity contribution in [1.29, 1.82) is 0 Å². The molecule has 1 aromatic heterocycles. The number of aromatic nitrogens is 2. The third-order valence-electron chi connectivity index (χ3n) is 3.75. The molecule has 102 valence electrons. The van der Waals surface area contributed by atoms with Crippen LogP contribution in [0.2, 0.25) is 0 Å². The minimum Gasteiger partial charge on any atom is -0.313 e. The molecule has 0 spiro atoms. The molecule has 0 aliphatic carbocycles. The van der Waals surface area contributed by atoms with Crippen LogP contribution in [0, 0.1) is 20.8 Å². The Bertz CT molecular complexity index is 546. The van der Waals surface area contributed by atoms with E-state index >= 15 is 0 Å². The monoisotopic (exact) mass is 257 g/mol. The number of nitrogens with one attached hydrogen (secondary N) is 1. The molecular formula is C16H23N3. The summed E-state index contributed by atoms with van der Waals surface area (Å²) in [4.78, 5) is 0. The number of aryl methyl sites for hydroxylation is 3. The molecule has 1 heterocycles. The molecule has 1 aromatic carbocycles. The first-order valence-corrected chi connectivity index (χ1v) is 6.77. The van der Waals surface area contributed by atoms with E-state index in [0.29, 0.717) is 6.04 Å². The Morgan fingerprint density at radius 2 is 1.84 bits per heavy atom. The second-order valence-electron chi connectivity index (χ2n) is 5.36. The zero-order chi connectivity index (χ0) is 14.0. The Balaban J connectivity index is 2.24. The normalized spacial score (nSPS) is 12.7. The lowest BCUT2D eigenvalue weighted by Gasteiger charge is -2.11. The van der Waals surface area contributed by atoms with Crippen LogP contribution in [0.25, 0.3) is 0 Å². The summed E-state index contributed by atoms with van der Waals surface area (Å²) in [6.45, 7) is 9.48. The fraction of sp³-hybridized carbons (Fsp3) is 0.438. The van der Waals surface area contributed by atoms with Gasteiger partial charge in [-0.1, -0.05) is 17.7 Å². The third-order valence-corrected chi connectivity index (χ3v) is 3.75. The van der Waals surface area contributed by atoms with Gasteiger partial charge < -0.3 is 5.32 Å². The molecule has 3 nitrogen and oxygen atoms in total. The summed E-state index contributed by atoms with van der Waals surface area (Å²) in [6.07, 6.45) is 4.07. The highest BCUT2D eigenvalue weighted by Gasteiger charge is 2.08. The molecule has 0 fully saturated rings. The van der Waals surface area contributed by atoms with E-state index < -0.39 is 0 Å². The van der Waals surface area contributed by atoms with Gasteiger partial charge in [-0.05, 0) is 51.4 Å². The SMILES string of the molecule is CNC(C)c1cnn(Cc2c(C)cc(C)cc2C)c1. The topological polar surface area (TPSA) is 29.9 Å². The molecule has 0 amide bonds. The molecule has 0 radical (unpaired) electrons. The first-order chi connectivity index (χ1) is 9.01. The Morgan fingerprint density at radius 3 is 2.42 bits per heavy atom. The summed E-state index contributed by atoms with van der Waals surface area (Å²) < 4.78 is 2.02. The van der Waals surface area contributed by atoms with Crippen LogP contribution in [0.5, 0.6) is 0 Å². The molecule has 2 rings (SSSR count). The van der Waals surface area contributed by atoms with Gasteiger partial charge in [-0.25, -0.2) is 0 Å². The van der Waals surface area contributed by atoms with Gasteiger partial charge in [0.2, 0.25) is 0 Å². The fourth-order valence-corrected chi connectivity index (χ4v) is 2.48. The molecule has 1 N–H and O–H groups in total. The van der Waals surface area contributed by atoms with E-state index in [1.807, 2.05) is 17.9 Å². The van der Waals surface area contributed by atoms with Crippen molar-refractivity contribution in [3.63, 3.8) is 0 Å². The van der Waals surface area contributed by atoms with Crippen LogP contribution in [0.4, 0.5) is 0 Å². The van der Waals surface area contributed by atoms with E-state index in [0.717, 1.165) is 6.54 Å². The van der Waals surface area contributed by atoms with Gasteiger partial charge in [0.25, 0.3) is 0 Å². The van der Waals surface area contributed by atoms with Crippen molar-refractivity contribution >= 4 is 0 Å². The van der Waals surface area contributed by atoms with Crippen LogP contribution < -0.4 is 5.32 Å². The summed E-state index contributed by atoms with van der Waals surface area (Å²) >= 11 is 0. The molecule has 0 bridgehead atoms. The molecule has 0 saturated carbocycles. The highest BCUT2D eigenvalue weighted by molar-refractivity contribution is 5.37. The van der Waals surface area contributed by atoms with E-state index in [9.17, 15) is 0 Å². The maximum absolute atomic E-state index is 4.46. The number of hydrogen-bond donors (Lipinski definition) is 1. The van der Waals surface area contributed by atoms with Crippen molar-refractivity contribution in [3.8, 4) is 0 Å². The molecule has 19 heavy (non-hydrogen) atoms. The van der Waals surface area contributed by atoms with Gasteiger partial charge in [-0.15, -0.1) is 0 Å². The summed E-state index contributed by atoms with van der Waals surface area (Å²) in [7, 11) is 1.97. The predicted octanol–water partition coefficient (Wildman–Crippen LogP) is 3.14. The summed E-state index contributed by atoms with van der Waals surface area (Å²) in [5, 5.41) is 7.70. The second kappa shape index (κ2) is 5.57. The lowest BCUT2D eigenvalue weighted by molar-refractivity contribution is 0.646. The highest BCUT2D eigenvalue weighted by atomic mass is 15.3. The van der Waals surface area contributed by atoms with E-state index in [1.165, 1.54) is 27.8 Å². The first-order valence-electron chi connectivity index (χ1n) is 6.77. The van der Waals surface area contributed by atoms with Crippen molar-refractivity contribution in [2.24, 2.45) is 0 Å². The second-order valence-corrected chi connectivity index (χ2v) is 5.36. The quantitative estimate of drug-likeness (QED) is 0.912. The summed E-state index contributed by atoms with van der Waals surface area (Å²) in [5.74, 6) is 0. The smallest absolute Gasteiger partial charge is 0.0664 e. The lowest BCUT2D eigenvalue weighted by Crippen LogP contribution is -2.11. The first kappa shape index (κ1) is 13.8. The fourth-order valence-electron chi connectivity index (χ4n) is 2.48. The molecule has 1 atom stereocenters. The van der Waals surface area contributed by atoms with Gasteiger partial charge in [-0.2, -0.15) is 5.10 Å². The highest BCUT2D eigenvalue weighted by Crippen LogP contribution is 2.18. The van der Waals surface area contributed by atoms with Crippen molar-refractivity contribution in [2.75, 3.05) is 7.05 Å². The van der Waals surface area contributed by atoms with Crippen LogP contribution in [0.3, 0.4) is 0 Å². The molecule has 0 aliphatic rings. The van der Waals surface area contributed by atoms with E-state index in [1.54, 1.807) is 0 Å². The lowest BCUT2D eigenvalue weighted by atomic mass is 10.00. The summed E-state index contributed by atoms with van der Waals surface area (Å²) in [6, 6.07) is 4.82.